The lowest BCUT2D eigenvalue weighted by Gasteiger charge is -2.24. The van der Waals surface area contributed by atoms with Crippen LogP contribution in [0, 0.1) is 0 Å². The van der Waals surface area contributed by atoms with Gasteiger partial charge >= 0.3 is 17.9 Å². The minimum Gasteiger partial charge on any atom is -0.459 e. The summed E-state index contributed by atoms with van der Waals surface area (Å²) >= 11 is 0. The van der Waals surface area contributed by atoms with Gasteiger partial charge in [-0.1, -0.05) is 91.0 Å². The van der Waals surface area contributed by atoms with E-state index in [0.29, 0.717) is 16.7 Å². The first-order valence-electron chi connectivity index (χ1n) is 15.2. The first-order valence-corrected chi connectivity index (χ1v) is 15.2. The number of esters is 3. The highest BCUT2D eigenvalue weighted by Gasteiger charge is 2.51. The van der Waals surface area contributed by atoms with Gasteiger partial charge in [0, 0.05) is 7.11 Å². The van der Waals surface area contributed by atoms with Crippen LogP contribution in [0.2, 0.25) is 0 Å². The highest BCUT2D eigenvalue weighted by Crippen LogP contribution is 2.30. The standard InChI is InChI=1S/C39H30O8/c1-43-39-35(47-38(42)32-19-16-26-10-4-7-13-29(26)22-32)34(46-37(41)31-18-15-25-9-3-6-12-28(25)21-31)33(45-39)23-44-36(40)30-17-14-24-8-2-5-11-27(24)20-30/h2-22,33-35,39H,23H2,1H3. The van der Waals surface area contributed by atoms with E-state index in [2.05, 4.69) is 0 Å². The van der Waals surface area contributed by atoms with Crippen LogP contribution >= 0.6 is 0 Å². The second-order valence-electron chi connectivity index (χ2n) is 11.3. The van der Waals surface area contributed by atoms with E-state index >= 15 is 0 Å². The van der Waals surface area contributed by atoms with Gasteiger partial charge in [-0.05, 0) is 68.7 Å². The molecule has 0 N–H and O–H groups in total. The Bertz CT molecular complexity index is 2120. The van der Waals surface area contributed by atoms with Crippen molar-refractivity contribution in [1.82, 2.24) is 0 Å². The maximum atomic E-state index is 13.5. The van der Waals surface area contributed by atoms with E-state index in [4.69, 9.17) is 23.7 Å². The van der Waals surface area contributed by atoms with Crippen LogP contribution in [-0.2, 0) is 23.7 Å². The second kappa shape index (κ2) is 13.0. The van der Waals surface area contributed by atoms with Crippen LogP contribution in [0.25, 0.3) is 32.3 Å². The summed E-state index contributed by atoms with van der Waals surface area (Å²) in [7, 11) is 1.40. The summed E-state index contributed by atoms with van der Waals surface area (Å²) < 4.78 is 29.2. The SMILES string of the molecule is COC1OC(COC(=O)c2ccc3ccccc3c2)C(OC(=O)c2ccc3ccccc3c2)C1OC(=O)c1ccc2ccccc2c1. The molecule has 1 aliphatic heterocycles. The molecular formula is C39H30O8. The lowest BCUT2D eigenvalue weighted by Crippen LogP contribution is -2.42. The summed E-state index contributed by atoms with van der Waals surface area (Å²) in [4.78, 5) is 40.1. The van der Waals surface area contributed by atoms with Crippen molar-refractivity contribution >= 4 is 50.2 Å². The molecule has 1 saturated heterocycles. The first kappa shape index (κ1) is 30.1. The molecule has 0 amide bonds. The maximum Gasteiger partial charge on any atom is 0.338 e. The van der Waals surface area contributed by atoms with Crippen molar-refractivity contribution in [2.24, 2.45) is 0 Å². The number of fused-ring (bicyclic) bond motifs is 3. The van der Waals surface area contributed by atoms with Crippen LogP contribution in [0.5, 0.6) is 0 Å². The van der Waals surface area contributed by atoms with Gasteiger partial charge in [0.2, 0.25) is 0 Å². The fraction of sp³-hybridized carbons (Fsp3) is 0.154. The van der Waals surface area contributed by atoms with E-state index in [9.17, 15) is 14.4 Å². The zero-order valence-electron chi connectivity index (χ0n) is 25.4. The molecular weight excluding hydrogens is 596 g/mol. The van der Waals surface area contributed by atoms with Crippen molar-refractivity contribution in [3.8, 4) is 0 Å². The highest BCUT2D eigenvalue weighted by molar-refractivity contribution is 5.97. The minimum atomic E-state index is -1.16. The van der Waals surface area contributed by atoms with E-state index in [1.807, 2.05) is 91.0 Å². The lowest BCUT2D eigenvalue weighted by atomic mass is 10.1. The smallest absolute Gasteiger partial charge is 0.338 e. The average molecular weight is 627 g/mol. The first-order chi connectivity index (χ1) is 23.0. The Balaban J connectivity index is 1.15. The number of ether oxygens (including phenoxy) is 5. The number of hydrogen-bond donors (Lipinski definition) is 0. The van der Waals surface area contributed by atoms with Gasteiger partial charge in [-0.15, -0.1) is 0 Å². The molecule has 0 spiro atoms. The van der Waals surface area contributed by atoms with Crippen LogP contribution in [0.4, 0.5) is 0 Å². The summed E-state index contributed by atoms with van der Waals surface area (Å²) in [6, 6.07) is 38.7. The van der Waals surface area contributed by atoms with E-state index < -0.39 is 42.5 Å². The third-order valence-corrected chi connectivity index (χ3v) is 8.32. The average Bonchev–Trinajstić information content (AvgIpc) is 3.44. The van der Waals surface area contributed by atoms with E-state index in [1.165, 1.54) is 7.11 Å². The van der Waals surface area contributed by atoms with Crippen LogP contribution in [0.3, 0.4) is 0 Å². The highest BCUT2D eigenvalue weighted by atomic mass is 16.7. The molecule has 0 radical (unpaired) electrons. The molecule has 6 aromatic carbocycles. The molecule has 8 heteroatoms. The number of methoxy groups -OCH3 is 1. The Morgan fingerprint density at radius 1 is 0.532 bits per heavy atom. The second-order valence-corrected chi connectivity index (χ2v) is 11.3. The van der Waals surface area contributed by atoms with Crippen LogP contribution in [0.15, 0.2) is 127 Å². The van der Waals surface area contributed by atoms with Gasteiger partial charge in [0.25, 0.3) is 0 Å². The Kier molecular flexibility index (Phi) is 8.35. The molecule has 0 bridgehead atoms. The van der Waals surface area contributed by atoms with Gasteiger partial charge in [-0.2, -0.15) is 0 Å². The van der Waals surface area contributed by atoms with Gasteiger partial charge in [-0.3, -0.25) is 0 Å². The molecule has 1 heterocycles. The summed E-state index contributed by atoms with van der Waals surface area (Å²) in [6.45, 7) is -0.286. The molecule has 0 aliphatic carbocycles. The van der Waals surface area contributed by atoms with Crippen LogP contribution in [0.1, 0.15) is 31.1 Å². The van der Waals surface area contributed by atoms with Crippen molar-refractivity contribution in [3.05, 3.63) is 144 Å². The van der Waals surface area contributed by atoms with E-state index in [-0.39, 0.29) is 6.61 Å². The normalized spacial score (nSPS) is 19.1. The molecule has 0 saturated carbocycles. The summed E-state index contributed by atoms with van der Waals surface area (Å²) in [5.74, 6) is -1.88. The van der Waals surface area contributed by atoms with Gasteiger partial charge in [-0.25, -0.2) is 14.4 Å². The Morgan fingerprint density at radius 3 is 1.38 bits per heavy atom. The van der Waals surface area contributed by atoms with Gasteiger partial charge in [0.15, 0.2) is 18.5 Å². The third kappa shape index (κ3) is 6.29. The molecule has 4 unspecified atom stereocenters. The Hall–Kier alpha value is -5.57. The Labute approximate surface area is 270 Å². The maximum absolute atomic E-state index is 13.5. The number of rotatable bonds is 8. The molecule has 1 aliphatic rings. The third-order valence-electron chi connectivity index (χ3n) is 8.32. The fourth-order valence-electron chi connectivity index (χ4n) is 5.86. The molecule has 234 valence electrons. The van der Waals surface area contributed by atoms with Gasteiger partial charge in [0.1, 0.15) is 12.7 Å². The van der Waals surface area contributed by atoms with Gasteiger partial charge < -0.3 is 23.7 Å². The minimum absolute atomic E-state index is 0.286. The van der Waals surface area contributed by atoms with Crippen molar-refractivity contribution in [1.29, 1.82) is 0 Å². The summed E-state index contributed by atoms with van der Waals surface area (Å²) in [5.41, 5.74) is 0.967. The van der Waals surface area contributed by atoms with Crippen molar-refractivity contribution < 1.29 is 38.1 Å². The summed E-state index contributed by atoms with van der Waals surface area (Å²) in [5, 5.41) is 5.54. The van der Waals surface area contributed by atoms with Crippen molar-refractivity contribution in [3.63, 3.8) is 0 Å². The number of benzene rings is 6. The zero-order chi connectivity index (χ0) is 32.3. The van der Waals surface area contributed by atoms with E-state index in [1.54, 1.807) is 36.4 Å². The summed E-state index contributed by atoms with van der Waals surface area (Å²) in [6.07, 6.45) is -4.41. The quantitative estimate of drug-likeness (QED) is 0.130. The molecule has 8 nitrogen and oxygen atoms in total. The fourth-order valence-corrected chi connectivity index (χ4v) is 5.86. The molecule has 0 aromatic heterocycles. The predicted octanol–water partition coefficient (Wildman–Crippen LogP) is 7.13. The van der Waals surface area contributed by atoms with Crippen molar-refractivity contribution in [2.75, 3.05) is 13.7 Å². The van der Waals surface area contributed by atoms with Crippen LogP contribution < -0.4 is 0 Å². The molecule has 47 heavy (non-hydrogen) atoms. The molecule has 1 fully saturated rings. The predicted molar refractivity (Wildman–Crippen MR) is 176 cm³/mol. The number of carbonyl (C=O) groups is 3. The number of hydrogen-bond acceptors (Lipinski definition) is 8. The Morgan fingerprint density at radius 2 is 0.936 bits per heavy atom. The molecule has 4 atom stereocenters. The molecule has 7 rings (SSSR count). The van der Waals surface area contributed by atoms with Gasteiger partial charge in [0.05, 0.1) is 16.7 Å². The molecule has 6 aromatic rings. The largest absolute Gasteiger partial charge is 0.459 e. The van der Waals surface area contributed by atoms with Crippen molar-refractivity contribution in [2.45, 2.75) is 24.6 Å². The zero-order valence-corrected chi connectivity index (χ0v) is 25.4. The lowest BCUT2D eigenvalue weighted by molar-refractivity contribution is -0.155. The van der Waals surface area contributed by atoms with Crippen LogP contribution in [-0.4, -0.2) is 56.2 Å². The monoisotopic (exact) mass is 626 g/mol. The topological polar surface area (TPSA) is 97.4 Å². The number of carbonyl (C=O) groups excluding carboxylic acids is 3. The van der Waals surface area contributed by atoms with E-state index in [0.717, 1.165) is 32.3 Å².